The minimum atomic E-state index is 0.224. The van der Waals surface area contributed by atoms with Crippen LogP contribution in [-0.4, -0.2) is 40.0 Å². The Balaban J connectivity index is 0.000000368. The van der Waals surface area contributed by atoms with E-state index in [4.69, 9.17) is 0 Å². The third-order valence-corrected chi connectivity index (χ3v) is 8.05. The van der Waals surface area contributed by atoms with Crippen molar-refractivity contribution in [2.24, 2.45) is 33.2 Å². The van der Waals surface area contributed by atoms with Gasteiger partial charge in [-0.15, -0.1) is 0 Å². The Morgan fingerprint density at radius 3 is 0.959 bits per heavy atom. The Morgan fingerprint density at radius 2 is 0.735 bits per heavy atom. The van der Waals surface area contributed by atoms with E-state index in [1.165, 1.54) is 33.4 Å². The van der Waals surface area contributed by atoms with Crippen molar-refractivity contribution in [2.75, 3.05) is 21.3 Å². The zero-order chi connectivity index (χ0) is 36.8. The summed E-state index contributed by atoms with van der Waals surface area (Å²) < 4.78 is 0. The molecule has 0 aromatic heterocycles. The van der Waals surface area contributed by atoms with E-state index >= 15 is 0 Å². The number of nitrogens with zero attached hydrogens (tertiary/aromatic N) is 3. The first kappa shape index (κ1) is 43.1. The van der Waals surface area contributed by atoms with E-state index in [-0.39, 0.29) is 5.41 Å². The Morgan fingerprint density at radius 1 is 0.469 bits per heavy atom. The van der Waals surface area contributed by atoms with Crippen molar-refractivity contribution in [1.82, 2.24) is 0 Å². The van der Waals surface area contributed by atoms with E-state index in [1.807, 2.05) is 18.6 Å². The van der Waals surface area contributed by atoms with Crippen LogP contribution in [0.4, 0.5) is 0 Å². The molecule has 3 aromatic carbocycles. The van der Waals surface area contributed by atoms with Crippen LogP contribution >= 0.6 is 0 Å². The van der Waals surface area contributed by atoms with Gasteiger partial charge < -0.3 is 14.5 Å². The molecule has 3 rings (SSSR count). The lowest BCUT2D eigenvalue weighted by atomic mass is 9.86. The van der Waals surface area contributed by atoms with Crippen molar-refractivity contribution >= 4 is 18.6 Å². The van der Waals surface area contributed by atoms with Gasteiger partial charge in [-0.1, -0.05) is 158 Å². The van der Waals surface area contributed by atoms with E-state index in [0.29, 0.717) is 29.6 Å². The predicted octanol–water partition coefficient (Wildman–Crippen LogP) is 11.0. The van der Waals surface area contributed by atoms with Gasteiger partial charge in [0.15, 0.2) is 0 Å². The lowest BCUT2D eigenvalue weighted by Crippen LogP contribution is -2.11. The summed E-state index contributed by atoms with van der Waals surface area (Å²) in [7, 11) is 4.71. The minimum absolute atomic E-state index is 0.224. The fourth-order valence-corrected chi connectivity index (χ4v) is 4.99. The smallest absolute Gasteiger partial charge is 0.106 e. The highest BCUT2D eigenvalue weighted by molar-refractivity contribution is 5.60. The molecule has 0 heterocycles. The number of hydrogen-bond acceptors (Lipinski definition) is 6. The maximum Gasteiger partial charge on any atom is 0.106 e. The van der Waals surface area contributed by atoms with Crippen molar-refractivity contribution in [2.45, 2.75) is 106 Å². The minimum Gasteiger partial charge on any atom is -0.399 e. The molecule has 0 aliphatic heterocycles. The van der Waals surface area contributed by atoms with Crippen LogP contribution < -0.4 is 0 Å². The van der Waals surface area contributed by atoms with E-state index in [1.54, 1.807) is 21.3 Å². The first-order valence-corrected chi connectivity index (χ1v) is 17.7. The molecule has 0 N–H and O–H groups in total. The molecule has 0 amide bonds. The highest BCUT2D eigenvalue weighted by atomic mass is 16.6. The van der Waals surface area contributed by atoms with Crippen LogP contribution in [0.5, 0.6) is 0 Å². The van der Waals surface area contributed by atoms with Crippen LogP contribution in [0.3, 0.4) is 0 Å². The quantitative estimate of drug-likeness (QED) is 0.127. The largest absolute Gasteiger partial charge is 0.399 e. The first-order valence-electron chi connectivity index (χ1n) is 17.7. The number of oxime groups is 3. The Kier molecular flexibility index (Phi) is 20.6. The van der Waals surface area contributed by atoms with Gasteiger partial charge in [0.05, 0.1) is 0 Å². The van der Waals surface area contributed by atoms with Crippen molar-refractivity contribution in [3.8, 4) is 0 Å². The second kappa shape index (κ2) is 23.4. The molecule has 49 heavy (non-hydrogen) atoms. The zero-order valence-corrected chi connectivity index (χ0v) is 32.7. The summed E-state index contributed by atoms with van der Waals surface area (Å²) in [5, 5.41) is 11.4. The molecule has 0 aliphatic rings. The molecule has 6 nitrogen and oxygen atoms in total. The van der Waals surface area contributed by atoms with Crippen molar-refractivity contribution in [1.29, 1.82) is 0 Å². The fourth-order valence-electron chi connectivity index (χ4n) is 4.99. The second-order valence-electron chi connectivity index (χ2n) is 14.6. The summed E-state index contributed by atoms with van der Waals surface area (Å²) in [6.07, 6.45) is 8.54. The SMILES string of the molecule is CO/N=C/C(C)Cc1ccc(C(C)(C)C)cc1.CO/N=C/C(C)Cc1ccc(C(C)C)cc1.CO/N=C/C(C)Cc1ccc(C(C)C)cc1. The fraction of sp³-hybridized carbons (Fsp3) is 0.512. The van der Waals surface area contributed by atoms with Crippen molar-refractivity contribution in [3.05, 3.63) is 106 Å². The molecule has 3 aromatic rings. The third kappa shape index (κ3) is 19.0. The topological polar surface area (TPSA) is 64.8 Å². The van der Waals surface area contributed by atoms with Crippen LogP contribution in [0.2, 0.25) is 0 Å². The summed E-state index contributed by atoms with van der Waals surface area (Å²) >= 11 is 0. The molecule has 6 heteroatoms. The summed E-state index contributed by atoms with van der Waals surface area (Å²) in [6.45, 7) is 22.0. The number of rotatable bonds is 14. The monoisotopic (exact) mass is 672 g/mol. The molecule has 270 valence electrons. The first-order chi connectivity index (χ1) is 23.2. The molecular weight excluding hydrogens is 606 g/mol. The van der Waals surface area contributed by atoms with Gasteiger partial charge in [-0.3, -0.25) is 0 Å². The Bertz CT molecular complexity index is 1280. The van der Waals surface area contributed by atoms with E-state index in [0.717, 1.165) is 19.3 Å². The van der Waals surface area contributed by atoms with Gasteiger partial charge in [-0.05, 0) is 87.6 Å². The summed E-state index contributed by atoms with van der Waals surface area (Å²) in [5.74, 6) is 2.41. The molecule has 0 fully saturated rings. The maximum absolute atomic E-state index is 4.68. The van der Waals surface area contributed by atoms with Crippen LogP contribution in [0.25, 0.3) is 0 Å². The van der Waals surface area contributed by atoms with Gasteiger partial charge in [0.1, 0.15) is 21.3 Å². The number of benzene rings is 3. The molecule has 0 saturated heterocycles. The zero-order valence-electron chi connectivity index (χ0n) is 32.7. The van der Waals surface area contributed by atoms with E-state index in [2.05, 4.69) is 172 Å². The van der Waals surface area contributed by atoms with Gasteiger partial charge in [-0.2, -0.15) is 0 Å². The third-order valence-electron chi connectivity index (χ3n) is 8.05. The highest BCUT2D eigenvalue weighted by Crippen LogP contribution is 2.23. The molecule has 3 atom stereocenters. The van der Waals surface area contributed by atoms with Gasteiger partial charge in [-0.25, -0.2) is 0 Å². The lowest BCUT2D eigenvalue weighted by molar-refractivity contribution is 0.213. The van der Waals surface area contributed by atoms with Gasteiger partial charge in [0, 0.05) is 18.6 Å². The molecule has 0 bridgehead atoms. The lowest BCUT2D eigenvalue weighted by Gasteiger charge is -2.19. The van der Waals surface area contributed by atoms with Crippen molar-refractivity contribution < 1.29 is 14.5 Å². The average molecular weight is 672 g/mol. The van der Waals surface area contributed by atoms with Gasteiger partial charge in [0.25, 0.3) is 0 Å². The highest BCUT2D eigenvalue weighted by Gasteiger charge is 2.13. The van der Waals surface area contributed by atoms with Gasteiger partial charge in [0.2, 0.25) is 0 Å². The Labute approximate surface area is 299 Å². The second-order valence-corrected chi connectivity index (χ2v) is 14.6. The normalized spacial score (nSPS) is 13.5. The van der Waals surface area contributed by atoms with Crippen LogP contribution in [0.1, 0.15) is 114 Å². The van der Waals surface area contributed by atoms with E-state index in [9.17, 15) is 0 Å². The summed E-state index contributed by atoms with van der Waals surface area (Å²) in [5.41, 5.74) is 8.41. The molecule has 3 unspecified atom stereocenters. The maximum atomic E-state index is 4.68. The van der Waals surface area contributed by atoms with Gasteiger partial charge >= 0.3 is 0 Å². The van der Waals surface area contributed by atoms with Crippen LogP contribution in [0, 0.1) is 17.8 Å². The standard InChI is InChI=1S/C15H23NO.2C14H21NO/c1-12(11-16-17-5)10-13-6-8-14(9-7-13)15(2,3)4;2*1-11(2)14-7-5-13(6-8-14)9-12(3)10-15-16-4/h6-9,11-12H,10H2,1-5H3;2*5-8,10-12H,9H2,1-4H3/b16-11+;2*15-10+. The molecule has 0 spiro atoms. The summed E-state index contributed by atoms with van der Waals surface area (Å²) in [4.78, 5) is 14.0. The Hall–Kier alpha value is -3.93. The van der Waals surface area contributed by atoms with Crippen LogP contribution in [-0.2, 0) is 39.2 Å². The predicted molar refractivity (Wildman–Crippen MR) is 211 cm³/mol. The molecule has 0 aliphatic carbocycles. The average Bonchev–Trinajstić information content (AvgIpc) is 3.06. The van der Waals surface area contributed by atoms with Crippen molar-refractivity contribution in [3.63, 3.8) is 0 Å². The van der Waals surface area contributed by atoms with Crippen LogP contribution in [0.15, 0.2) is 88.3 Å². The molecular formula is C43H65N3O3. The summed E-state index contributed by atoms with van der Waals surface area (Å²) in [6, 6.07) is 26.5. The molecule has 0 saturated carbocycles. The van der Waals surface area contributed by atoms with E-state index < -0.39 is 0 Å². The molecule has 0 radical (unpaired) electrons. The number of hydrogen-bond donors (Lipinski definition) is 0.